The highest BCUT2D eigenvalue weighted by Gasteiger charge is 2.44. The number of nitrogens with zero attached hydrogens (tertiary/aromatic N) is 3. The summed E-state index contributed by atoms with van der Waals surface area (Å²) in [5, 5.41) is 11.8. The average molecular weight is 685 g/mol. The number of nitrogens with one attached hydrogen (secondary N) is 3. The molecule has 47 heavy (non-hydrogen) atoms. The van der Waals surface area contributed by atoms with E-state index in [1.54, 1.807) is 46.0 Å². The summed E-state index contributed by atoms with van der Waals surface area (Å²) >= 11 is 7.80. The maximum absolute atomic E-state index is 14.2. The zero-order chi connectivity index (χ0) is 34.2. The molecule has 4 rings (SSSR count). The van der Waals surface area contributed by atoms with Crippen molar-refractivity contribution < 1.29 is 28.7 Å². The van der Waals surface area contributed by atoms with Crippen molar-refractivity contribution in [1.29, 1.82) is 0 Å². The van der Waals surface area contributed by atoms with E-state index in [4.69, 9.17) is 16.3 Å². The lowest BCUT2D eigenvalue weighted by molar-refractivity contribution is -0.143. The Morgan fingerprint density at radius 3 is 2.47 bits per heavy atom. The lowest BCUT2D eigenvalue weighted by Crippen LogP contribution is -2.59. The van der Waals surface area contributed by atoms with Crippen LogP contribution in [0, 0.1) is 11.8 Å². The largest absolute Gasteiger partial charge is 0.372 e. The Morgan fingerprint density at radius 2 is 1.83 bits per heavy atom. The Kier molecular flexibility index (Phi) is 12.4. The first-order valence-electron chi connectivity index (χ1n) is 15.6. The van der Waals surface area contributed by atoms with E-state index < -0.39 is 53.9 Å². The summed E-state index contributed by atoms with van der Waals surface area (Å²) in [7, 11) is 0. The minimum Gasteiger partial charge on any atom is -0.372 e. The predicted octanol–water partition coefficient (Wildman–Crippen LogP) is 3.52. The van der Waals surface area contributed by atoms with Crippen LogP contribution in [0.1, 0.15) is 63.5 Å². The predicted molar refractivity (Wildman–Crippen MR) is 179 cm³/mol. The molecule has 12 nitrogen and oxygen atoms in total. The number of fused-ring (bicyclic) bond motifs is 1. The number of carbonyl (C=O) groups is 5. The number of halogens is 1. The van der Waals surface area contributed by atoms with Gasteiger partial charge in [0, 0.05) is 35.1 Å². The van der Waals surface area contributed by atoms with Crippen LogP contribution >= 0.6 is 22.9 Å². The van der Waals surface area contributed by atoms with Gasteiger partial charge >= 0.3 is 0 Å². The van der Waals surface area contributed by atoms with E-state index in [0.717, 1.165) is 15.6 Å². The van der Waals surface area contributed by atoms with E-state index in [-0.39, 0.29) is 37.1 Å². The van der Waals surface area contributed by atoms with Crippen LogP contribution in [0.5, 0.6) is 0 Å². The van der Waals surface area contributed by atoms with Crippen molar-refractivity contribution in [3.05, 3.63) is 58.4 Å². The van der Waals surface area contributed by atoms with Crippen LogP contribution in [0.25, 0.3) is 10.1 Å². The topological polar surface area (TPSA) is 160 Å². The fourth-order valence-electron chi connectivity index (χ4n) is 5.40. The number of likely N-dealkylation sites (tertiary alicyclic amines) is 1. The molecule has 14 heteroatoms. The molecule has 3 heterocycles. The van der Waals surface area contributed by atoms with Gasteiger partial charge in [0.2, 0.25) is 17.7 Å². The highest BCUT2D eigenvalue weighted by molar-refractivity contribution is 7.17. The number of aldehydes is 1. The SMILES string of the molecule is CC[C@@H](C=O)NC(=O)[C@@H]1C[C@@H](OCc2csc3ccc(Cl)cc23)CN1C(=O)[C@@H](NC(=O)[C@@H](NC(=O)c1cnccn1)C(C)C)C(C)C. The van der Waals surface area contributed by atoms with Crippen molar-refractivity contribution in [1.82, 2.24) is 30.8 Å². The second-order valence-electron chi connectivity index (χ2n) is 12.3. The summed E-state index contributed by atoms with van der Waals surface area (Å²) in [6.07, 6.45) is 4.89. The van der Waals surface area contributed by atoms with Crippen molar-refractivity contribution in [3.63, 3.8) is 0 Å². The van der Waals surface area contributed by atoms with Gasteiger partial charge in [0.05, 0.1) is 24.9 Å². The molecule has 5 atom stereocenters. The van der Waals surface area contributed by atoms with Gasteiger partial charge in [0.1, 0.15) is 30.1 Å². The summed E-state index contributed by atoms with van der Waals surface area (Å²) in [5.41, 5.74) is 1.000. The maximum atomic E-state index is 14.2. The first-order valence-corrected chi connectivity index (χ1v) is 16.9. The molecule has 252 valence electrons. The number of benzene rings is 1. The quantitative estimate of drug-likeness (QED) is 0.218. The third-order valence-corrected chi connectivity index (χ3v) is 9.38. The van der Waals surface area contributed by atoms with Crippen LogP contribution < -0.4 is 16.0 Å². The van der Waals surface area contributed by atoms with Crippen LogP contribution in [0.4, 0.5) is 0 Å². The lowest BCUT2D eigenvalue weighted by atomic mass is 9.98. The van der Waals surface area contributed by atoms with Gasteiger partial charge in [0.25, 0.3) is 5.91 Å². The summed E-state index contributed by atoms with van der Waals surface area (Å²) in [4.78, 5) is 74.8. The molecular weight excluding hydrogens is 644 g/mol. The van der Waals surface area contributed by atoms with Gasteiger partial charge < -0.3 is 30.4 Å². The molecule has 1 aliphatic rings. The highest BCUT2D eigenvalue weighted by atomic mass is 35.5. The van der Waals surface area contributed by atoms with Gasteiger partial charge in [-0.05, 0) is 52.8 Å². The van der Waals surface area contributed by atoms with Gasteiger partial charge in [-0.3, -0.25) is 24.2 Å². The Morgan fingerprint density at radius 1 is 1.09 bits per heavy atom. The monoisotopic (exact) mass is 684 g/mol. The number of aromatic nitrogens is 2. The van der Waals surface area contributed by atoms with Crippen molar-refractivity contribution in [3.8, 4) is 0 Å². The standard InChI is InChI=1S/C33H41ClN6O6S/c1-6-22(15-41)37-31(43)26-12-23(46-16-20-17-47-27-8-7-21(34)11-24(20)27)14-40(26)33(45)29(19(4)5)39-32(44)28(18(2)3)38-30(42)25-13-35-9-10-36-25/h7-11,13,15,17-19,22-23,26,28-29H,6,12,14,16H2,1-5H3,(H,37,43)(H,38,42)(H,39,44)/t22-,23+,26-,28-,29-/m0/s1. The number of amides is 4. The molecule has 4 amide bonds. The molecule has 3 aromatic rings. The molecule has 0 saturated carbocycles. The van der Waals surface area contributed by atoms with E-state index in [0.29, 0.717) is 17.7 Å². The van der Waals surface area contributed by atoms with E-state index in [9.17, 15) is 24.0 Å². The molecule has 1 fully saturated rings. The van der Waals surface area contributed by atoms with E-state index in [1.807, 2.05) is 23.6 Å². The Balaban J connectivity index is 1.52. The Hall–Kier alpha value is -3.94. The van der Waals surface area contributed by atoms with Gasteiger partial charge in [0.15, 0.2) is 0 Å². The summed E-state index contributed by atoms with van der Waals surface area (Å²) in [5.74, 6) is -2.74. The third kappa shape index (κ3) is 8.91. The number of hydrogen-bond donors (Lipinski definition) is 3. The molecular formula is C33H41ClN6O6S. The normalized spacial score (nSPS) is 18.2. The fraction of sp³-hybridized carbons (Fsp3) is 0.485. The molecule has 1 aliphatic heterocycles. The highest BCUT2D eigenvalue weighted by Crippen LogP contribution is 2.31. The maximum Gasteiger partial charge on any atom is 0.272 e. The first kappa shape index (κ1) is 35.9. The fourth-order valence-corrected chi connectivity index (χ4v) is 6.50. The summed E-state index contributed by atoms with van der Waals surface area (Å²) in [6, 6.07) is 2.05. The Labute approximate surface area is 283 Å². The number of thiophene rings is 1. The molecule has 1 saturated heterocycles. The molecule has 3 N–H and O–H groups in total. The molecule has 1 aromatic carbocycles. The van der Waals surface area contributed by atoms with Gasteiger partial charge in [-0.25, -0.2) is 4.98 Å². The van der Waals surface area contributed by atoms with Gasteiger partial charge in [-0.2, -0.15) is 0 Å². The summed E-state index contributed by atoms with van der Waals surface area (Å²) in [6.45, 7) is 9.26. The molecule has 0 unspecified atom stereocenters. The number of hydrogen-bond acceptors (Lipinski definition) is 9. The number of ether oxygens (including phenoxy) is 1. The van der Waals surface area contributed by atoms with Crippen LogP contribution in [0.3, 0.4) is 0 Å². The second-order valence-corrected chi connectivity index (χ2v) is 13.6. The minimum atomic E-state index is -1.01. The first-order chi connectivity index (χ1) is 22.4. The zero-order valence-corrected chi connectivity index (χ0v) is 28.6. The smallest absolute Gasteiger partial charge is 0.272 e. The molecule has 2 aromatic heterocycles. The van der Waals surface area contributed by atoms with Crippen molar-refractivity contribution in [2.75, 3.05) is 6.54 Å². The Bertz CT molecular complexity index is 1580. The van der Waals surface area contributed by atoms with Crippen LogP contribution in [-0.4, -0.2) is 81.6 Å². The average Bonchev–Trinajstić information content (AvgIpc) is 3.67. The summed E-state index contributed by atoms with van der Waals surface area (Å²) < 4.78 is 7.33. The van der Waals surface area contributed by atoms with E-state index in [2.05, 4.69) is 25.9 Å². The zero-order valence-electron chi connectivity index (χ0n) is 27.1. The van der Waals surface area contributed by atoms with E-state index in [1.165, 1.54) is 23.5 Å². The van der Waals surface area contributed by atoms with Crippen LogP contribution in [0.2, 0.25) is 5.02 Å². The minimum absolute atomic E-state index is 0.0543. The van der Waals surface area contributed by atoms with Crippen molar-refractivity contribution >= 4 is 62.9 Å². The van der Waals surface area contributed by atoms with Gasteiger partial charge in [-0.15, -0.1) is 11.3 Å². The number of rotatable bonds is 14. The molecule has 0 radical (unpaired) electrons. The number of carbonyl (C=O) groups excluding carboxylic acids is 5. The lowest BCUT2D eigenvalue weighted by Gasteiger charge is -2.32. The molecule has 0 bridgehead atoms. The van der Waals surface area contributed by atoms with E-state index >= 15 is 0 Å². The molecule has 0 aliphatic carbocycles. The van der Waals surface area contributed by atoms with Crippen LogP contribution in [-0.2, 0) is 30.5 Å². The van der Waals surface area contributed by atoms with Crippen LogP contribution in [0.15, 0.2) is 42.2 Å². The molecule has 0 spiro atoms. The third-order valence-electron chi connectivity index (χ3n) is 8.13. The van der Waals surface area contributed by atoms with Crippen molar-refractivity contribution in [2.24, 2.45) is 11.8 Å². The van der Waals surface area contributed by atoms with Crippen molar-refractivity contribution in [2.45, 2.75) is 84.3 Å². The second kappa shape index (κ2) is 16.2. The van der Waals surface area contributed by atoms with Gasteiger partial charge in [-0.1, -0.05) is 46.2 Å².